The Balaban J connectivity index is 1.57. The van der Waals surface area contributed by atoms with Gasteiger partial charge in [-0.2, -0.15) is 5.10 Å². The Morgan fingerprint density at radius 2 is 1.29 bits per heavy atom. The first-order chi connectivity index (χ1) is 15.1. The number of rotatable bonds is 7. The predicted octanol–water partition coefficient (Wildman–Crippen LogP) is 6.89. The van der Waals surface area contributed by atoms with Crippen LogP contribution in [0.25, 0.3) is 11.5 Å². The standard InChI is InChI=1S/C26H25N2O2P/c1-21(17-18-22-11-5-2-6-12-22)27-28-31(29)19-25(23-13-7-3-8-14-23)30-26(20-31)24-15-9-4-10-16-24/h2-16,19-20H,17-18H2,1H3,(H,28,29)/b27-21+. The molecule has 31 heavy (non-hydrogen) atoms. The molecule has 0 amide bonds. The van der Waals surface area contributed by atoms with Gasteiger partial charge in [-0.3, -0.25) is 9.76 Å². The maximum Gasteiger partial charge on any atom is 0.235 e. The minimum Gasteiger partial charge on any atom is -0.456 e. The van der Waals surface area contributed by atoms with Gasteiger partial charge in [0.1, 0.15) is 11.5 Å². The van der Waals surface area contributed by atoms with Gasteiger partial charge in [-0.25, -0.2) is 0 Å². The molecule has 0 aromatic heterocycles. The molecular formula is C26H25N2O2P. The molecule has 1 aliphatic rings. The lowest BCUT2D eigenvalue weighted by molar-refractivity contribution is 0.468. The molecule has 3 aromatic carbocycles. The molecule has 0 atom stereocenters. The van der Waals surface area contributed by atoms with Crippen molar-refractivity contribution in [3.8, 4) is 0 Å². The Kier molecular flexibility index (Phi) is 6.49. The summed E-state index contributed by atoms with van der Waals surface area (Å²) in [6, 6.07) is 29.7. The molecule has 156 valence electrons. The molecule has 3 aromatic rings. The number of benzene rings is 3. The van der Waals surface area contributed by atoms with E-state index in [1.165, 1.54) is 5.56 Å². The molecule has 1 N–H and O–H groups in total. The van der Waals surface area contributed by atoms with E-state index in [2.05, 4.69) is 22.4 Å². The third kappa shape index (κ3) is 5.62. The average Bonchev–Trinajstić information content (AvgIpc) is 2.83. The number of nitrogens with zero attached hydrogens (tertiary/aromatic N) is 1. The Morgan fingerprint density at radius 3 is 1.81 bits per heavy atom. The van der Waals surface area contributed by atoms with Crippen molar-refractivity contribution in [1.29, 1.82) is 0 Å². The SMILES string of the molecule is C/C(CCc1ccccc1)=N\NP1(=O)C=C(c2ccccc2)OC(c2ccccc2)=C1. The summed E-state index contributed by atoms with van der Waals surface area (Å²) in [5.41, 5.74) is 3.90. The summed E-state index contributed by atoms with van der Waals surface area (Å²) in [4.78, 5) is 0. The fourth-order valence-corrected chi connectivity index (χ4v) is 4.89. The highest BCUT2D eigenvalue weighted by molar-refractivity contribution is 7.68. The first kappa shape index (κ1) is 20.9. The van der Waals surface area contributed by atoms with Crippen molar-refractivity contribution in [1.82, 2.24) is 5.20 Å². The van der Waals surface area contributed by atoms with E-state index in [1.807, 2.05) is 85.8 Å². The average molecular weight is 428 g/mol. The van der Waals surface area contributed by atoms with Gasteiger partial charge in [0, 0.05) is 28.5 Å². The smallest absolute Gasteiger partial charge is 0.235 e. The van der Waals surface area contributed by atoms with Crippen LogP contribution < -0.4 is 5.20 Å². The molecule has 0 bridgehead atoms. The normalized spacial score (nSPS) is 15.5. The summed E-state index contributed by atoms with van der Waals surface area (Å²) in [6.07, 6.45) is 1.68. The third-order valence-electron chi connectivity index (χ3n) is 4.97. The Bertz CT molecular complexity index is 1090. The van der Waals surface area contributed by atoms with E-state index in [0.29, 0.717) is 11.5 Å². The summed E-state index contributed by atoms with van der Waals surface area (Å²) in [5, 5.41) is 7.39. The molecule has 1 heterocycles. The van der Waals surface area contributed by atoms with Gasteiger partial charge in [0.2, 0.25) is 7.29 Å². The molecule has 0 unspecified atom stereocenters. The lowest BCUT2D eigenvalue weighted by Crippen LogP contribution is -2.08. The summed E-state index contributed by atoms with van der Waals surface area (Å²) < 4.78 is 19.9. The Hall–Kier alpha value is -3.36. The first-order valence-electron chi connectivity index (χ1n) is 10.3. The quantitative estimate of drug-likeness (QED) is 0.253. The maximum atomic E-state index is 13.7. The lowest BCUT2D eigenvalue weighted by Gasteiger charge is -2.22. The van der Waals surface area contributed by atoms with E-state index >= 15 is 0 Å². The summed E-state index contributed by atoms with van der Waals surface area (Å²) in [6.45, 7) is 1.95. The van der Waals surface area contributed by atoms with Crippen LogP contribution in [0.2, 0.25) is 0 Å². The highest BCUT2D eigenvalue weighted by Gasteiger charge is 2.26. The summed E-state index contributed by atoms with van der Waals surface area (Å²) in [5.74, 6) is 4.44. The number of aryl methyl sites for hydroxylation is 1. The van der Waals surface area contributed by atoms with Crippen molar-refractivity contribution in [2.24, 2.45) is 5.10 Å². The lowest BCUT2D eigenvalue weighted by atomic mass is 10.1. The van der Waals surface area contributed by atoms with Gasteiger partial charge >= 0.3 is 0 Å². The molecule has 0 spiro atoms. The van der Waals surface area contributed by atoms with Crippen LogP contribution in [0.3, 0.4) is 0 Å². The molecule has 0 saturated heterocycles. The first-order valence-corrected chi connectivity index (χ1v) is 12.1. The molecular weight excluding hydrogens is 403 g/mol. The largest absolute Gasteiger partial charge is 0.456 e. The van der Waals surface area contributed by atoms with Crippen molar-refractivity contribution in [3.63, 3.8) is 0 Å². The molecule has 0 aliphatic carbocycles. The van der Waals surface area contributed by atoms with Crippen molar-refractivity contribution < 1.29 is 9.30 Å². The second-order valence-corrected chi connectivity index (χ2v) is 9.60. The number of hydrogen-bond donors (Lipinski definition) is 1. The third-order valence-corrected chi connectivity index (χ3v) is 6.62. The van der Waals surface area contributed by atoms with Crippen LogP contribution >= 0.6 is 7.29 Å². The van der Waals surface area contributed by atoms with Gasteiger partial charge in [0.05, 0.1) is 0 Å². The zero-order chi connectivity index (χ0) is 21.5. The number of ether oxygens (including phenoxy) is 1. The van der Waals surface area contributed by atoms with E-state index in [0.717, 1.165) is 29.7 Å². The van der Waals surface area contributed by atoms with Gasteiger partial charge in [-0.15, -0.1) is 0 Å². The maximum absolute atomic E-state index is 13.7. The van der Waals surface area contributed by atoms with E-state index in [-0.39, 0.29) is 0 Å². The van der Waals surface area contributed by atoms with Crippen LogP contribution in [-0.4, -0.2) is 5.71 Å². The predicted molar refractivity (Wildman–Crippen MR) is 129 cm³/mol. The van der Waals surface area contributed by atoms with Gasteiger partial charge < -0.3 is 4.74 Å². The molecule has 0 saturated carbocycles. The van der Waals surface area contributed by atoms with Crippen molar-refractivity contribution in [2.75, 3.05) is 0 Å². The van der Waals surface area contributed by atoms with E-state index in [4.69, 9.17) is 4.74 Å². The van der Waals surface area contributed by atoms with Crippen molar-refractivity contribution in [3.05, 3.63) is 119 Å². The number of hydrazone groups is 1. The Morgan fingerprint density at radius 1 is 0.806 bits per heavy atom. The number of nitrogens with one attached hydrogen (secondary N) is 1. The second kappa shape index (κ2) is 9.63. The molecule has 1 aliphatic heterocycles. The zero-order valence-electron chi connectivity index (χ0n) is 17.4. The van der Waals surface area contributed by atoms with E-state index in [1.54, 1.807) is 11.6 Å². The zero-order valence-corrected chi connectivity index (χ0v) is 18.3. The van der Waals surface area contributed by atoms with Gasteiger partial charge in [0.25, 0.3) is 0 Å². The Labute approximate surface area is 183 Å². The minimum atomic E-state index is -3.09. The minimum absolute atomic E-state index is 0.565. The van der Waals surface area contributed by atoms with Crippen LogP contribution in [0.15, 0.2) is 108 Å². The topological polar surface area (TPSA) is 50.7 Å². The monoisotopic (exact) mass is 428 g/mol. The fourth-order valence-electron chi connectivity index (χ4n) is 3.28. The second-order valence-electron chi connectivity index (χ2n) is 7.46. The van der Waals surface area contributed by atoms with Crippen molar-refractivity contribution >= 4 is 24.5 Å². The fraction of sp³-hybridized carbons (Fsp3) is 0.115. The van der Waals surface area contributed by atoms with Crippen LogP contribution in [0, 0.1) is 0 Å². The van der Waals surface area contributed by atoms with Gasteiger partial charge in [-0.05, 0) is 25.3 Å². The van der Waals surface area contributed by atoms with Crippen LogP contribution in [0.4, 0.5) is 0 Å². The van der Waals surface area contributed by atoms with Gasteiger partial charge in [0.15, 0.2) is 0 Å². The highest BCUT2D eigenvalue weighted by Crippen LogP contribution is 2.53. The van der Waals surface area contributed by atoms with Gasteiger partial charge in [-0.1, -0.05) is 91.0 Å². The van der Waals surface area contributed by atoms with Crippen LogP contribution in [-0.2, 0) is 15.7 Å². The molecule has 0 radical (unpaired) electrons. The summed E-state index contributed by atoms with van der Waals surface area (Å²) >= 11 is 0. The summed E-state index contributed by atoms with van der Waals surface area (Å²) in [7, 11) is -3.09. The molecule has 0 fully saturated rings. The van der Waals surface area contributed by atoms with Crippen LogP contribution in [0.1, 0.15) is 30.0 Å². The molecule has 4 nitrogen and oxygen atoms in total. The van der Waals surface area contributed by atoms with E-state index in [9.17, 15) is 4.57 Å². The van der Waals surface area contributed by atoms with E-state index < -0.39 is 7.29 Å². The van der Waals surface area contributed by atoms with Crippen LogP contribution in [0.5, 0.6) is 0 Å². The number of hydrogen-bond acceptors (Lipinski definition) is 3. The highest BCUT2D eigenvalue weighted by atomic mass is 31.2. The molecule has 4 rings (SSSR count). The van der Waals surface area contributed by atoms with Crippen molar-refractivity contribution in [2.45, 2.75) is 19.8 Å². The molecule has 5 heteroatoms.